The molecule has 0 atom stereocenters. The quantitative estimate of drug-likeness (QED) is 0.331. The summed E-state index contributed by atoms with van der Waals surface area (Å²) in [4.78, 5) is 0. The van der Waals surface area contributed by atoms with Gasteiger partial charge in [0.2, 0.25) is 0 Å². The molecule has 0 aliphatic carbocycles. The maximum Gasteiger partial charge on any atom is 0.322 e. The third-order valence-electron chi connectivity index (χ3n) is 1.95. The van der Waals surface area contributed by atoms with E-state index in [4.69, 9.17) is 20.5 Å². The molecule has 0 aromatic heterocycles. The molecular formula is C10H23ClO2Si. The first-order valence-corrected chi connectivity index (χ1v) is 7.93. The van der Waals surface area contributed by atoms with Crippen molar-refractivity contribution in [2.45, 2.75) is 45.6 Å². The van der Waals surface area contributed by atoms with Gasteiger partial charge in [-0.15, -0.1) is 11.6 Å². The Morgan fingerprint density at radius 3 is 1.86 bits per heavy atom. The molecule has 0 saturated carbocycles. The van der Waals surface area contributed by atoms with Crippen molar-refractivity contribution in [3.63, 3.8) is 0 Å². The van der Waals surface area contributed by atoms with E-state index < -0.39 is 9.28 Å². The van der Waals surface area contributed by atoms with Crippen molar-refractivity contribution in [1.29, 1.82) is 0 Å². The first kappa shape index (κ1) is 14.4. The van der Waals surface area contributed by atoms with Crippen LogP contribution in [0.15, 0.2) is 0 Å². The first-order chi connectivity index (χ1) is 6.85. The Balaban J connectivity index is 3.44. The molecule has 86 valence electrons. The largest absolute Gasteiger partial charge is 0.396 e. The van der Waals surface area contributed by atoms with Crippen LogP contribution in [0.3, 0.4) is 0 Å². The van der Waals surface area contributed by atoms with E-state index in [0.717, 1.165) is 32.1 Å². The lowest BCUT2D eigenvalue weighted by Gasteiger charge is -2.15. The molecule has 0 saturated heterocycles. The molecule has 0 unspecified atom stereocenters. The van der Waals surface area contributed by atoms with Crippen LogP contribution in [0, 0.1) is 0 Å². The molecule has 0 bridgehead atoms. The highest BCUT2D eigenvalue weighted by Gasteiger charge is 2.11. The van der Waals surface area contributed by atoms with E-state index in [9.17, 15) is 0 Å². The summed E-state index contributed by atoms with van der Waals surface area (Å²) < 4.78 is 11.4. The number of hydrogen-bond acceptors (Lipinski definition) is 2. The minimum Gasteiger partial charge on any atom is -0.396 e. The molecule has 14 heavy (non-hydrogen) atoms. The van der Waals surface area contributed by atoms with Crippen LogP contribution in [0.4, 0.5) is 0 Å². The highest BCUT2D eigenvalue weighted by Crippen LogP contribution is 2.02. The normalized spacial score (nSPS) is 11.1. The van der Waals surface area contributed by atoms with Crippen molar-refractivity contribution >= 4 is 20.9 Å². The second-order valence-electron chi connectivity index (χ2n) is 3.36. The van der Waals surface area contributed by atoms with Crippen molar-refractivity contribution in [2.24, 2.45) is 0 Å². The highest BCUT2D eigenvalue weighted by atomic mass is 35.5. The Kier molecular flexibility index (Phi) is 11.9. The van der Waals surface area contributed by atoms with Gasteiger partial charge in [0.25, 0.3) is 0 Å². The molecule has 0 spiro atoms. The van der Waals surface area contributed by atoms with Crippen LogP contribution in [0.2, 0.25) is 6.04 Å². The Hall–Kier alpha value is 0.427. The second kappa shape index (κ2) is 11.5. The van der Waals surface area contributed by atoms with Gasteiger partial charge in [0.05, 0.1) is 0 Å². The maximum atomic E-state index is 5.70. The zero-order valence-corrected chi connectivity index (χ0v) is 11.3. The molecule has 0 amide bonds. The van der Waals surface area contributed by atoms with Crippen LogP contribution in [0.1, 0.15) is 39.5 Å². The average Bonchev–Trinajstić information content (AvgIpc) is 2.18. The predicted octanol–water partition coefficient (Wildman–Crippen LogP) is 3.08. The molecule has 0 aliphatic heterocycles. The first-order valence-electron chi connectivity index (χ1n) is 5.64. The fourth-order valence-corrected chi connectivity index (χ4v) is 3.02. The van der Waals surface area contributed by atoms with Crippen molar-refractivity contribution < 1.29 is 8.85 Å². The molecule has 0 aromatic carbocycles. The fourth-order valence-electron chi connectivity index (χ4n) is 1.02. The standard InChI is InChI=1S/C10H23ClO2Si/c1-3-5-8-12-14(10-7-11)13-9-6-4-2/h14H,3-10H2,1-2H3. The Labute approximate surface area is 94.8 Å². The lowest BCUT2D eigenvalue weighted by Crippen LogP contribution is -2.24. The van der Waals surface area contributed by atoms with E-state index in [2.05, 4.69) is 13.8 Å². The van der Waals surface area contributed by atoms with E-state index in [1.54, 1.807) is 0 Å². The molecule has 0 radical (unpaired) electrons. The zero-order valence-electron chi connectivity index (χ0n) is 9.43. The SMILES string of the molecule is CCCCO[SiH](CCCl)OCCCC. The van der Waals surface area contributed by atoms with Gasteiger partial charge in [-0.1, -0.05) is 26.7 Å². The van der Waals surface area contributed by atoms with Gasteiger partial charge in [0.15, 0.2) is 0 Å². The second-order valence-corrected chi connectivity index (χ2v) is 5.84. The lowest BCUT2D eigenvalue weighted by molar-refractivity contribution is 0.192. The third-order valence-corrected chi connectivity index (χ3v) is 4.51. The van der Waals surface area contributed by atoms with Crippen LogP contribution >= 0.6 is 11.6 Å². The molecule has 2 nitrogen and oxygen atoms in total. The Morgan fingerprint density at radius 1 is 1.00 bits per heavy atom. The van der Waals surface area contributed by atoms with Gasteiger partial charge in [-0.25, -0.2) is 0 Å². The molecule has 4 heteroatoms. The summed E-state index contributed by atoms with van der Waals surface area (Å²) in [7, 11) is -1.43. The van der Waals surface area contributed by atoms with Crippen molar-refractivity contribution in [3.05, 3.63) is 0 Å². The van der Waals surface area contributed by atoms with Gasteiger partial charge in [0, 0.05) is 25.1 Å². The fraction of sp³-hybridized carbons (Fsp3) is 1.00. The average molecular weight is 239 g/mol. The van der Waals surface area contributed by atoms with Gasteiger partial charge >= 0.3 is 9.28 Å². The molecule has 0 rings (SSSR count). The van der Waals surface area contributed by atoms with Crippen molar-refractivity contribution in [2.75, 3.05) is 19.1 Å². The third kappa shape index (κ3) is 9.00. The molecule has 0 aliphatic rings. The number of unbranched alkanes of at least 4 members (excludes halogenated alkanes) is 2. The predicted molar refractivity (Wildman–Crippen MR) is 64.4 cm³/mol. The van der Waals surface area contributed by atoms with Crippen LogP contribution in [-0.4, -0.2) is 28.4 Å². The van der Waals surface area contributed by atoms with Gasteiger partial charge < -0.3 is 8.85 Å². The summed E-state index contributed by atoms with van der Waals surface area (Å²) in [5.41, 5.74) is 0. The van der Waals surface area contributed by atoms with Gasteiger partial charge in [-0.2, -0.15) is 0 Å². The Bertz CT molecular complexity index is 104. The van der Waals surface area contributed by atoms with E-state index in [1.165, 1.54) is 12.8 Å². The van der Waals surface area contributed by atoms with Gasteiger partial charge in [0.1, 0.15) is 0 Å². The molecule has 0 fully saturated rings. The Morgan fingerprint density at radius 2 is 1.50 bits per heavy atom. The molecule has 0 aromatic rings. The maximum absolute atomic E-state index is 5.70. The van der Waals surface area contributed by atoms with Crippen molar-refractivity contribution in [1.82, 2.24) is 0 Å². The van der Waals surface area contributed by atoms with Crippen LogP contribution in [0.25, 0.3) is 0 Å². The summed E-state index contributed by atoms with van der Waals surface area (Å²) in [6.07, 6.45) is 4.61. The van der Waals surface area contributed by atoms with Crippen LogP contribution in [0.5, 0.6) is 0 Å². The number of rotatable bonds is 10. The van der Waals surface area contributed by atoms with E-state index in [0.29, 0.717) is 5.88 Å². The number of hydrogen-bond donors (Lipinski definition) is 0. The summed E-state index contributed by atoms with van der Waals surface area (Å²) >= 11 is 5.70. The van der Waals surface area contributed by atoms with E-state index in [1.807, 2.05) is 0 Å². The zero-order chi connectivity index (χ0) is 10.6. The number of halogens is 1. The summed E-state index contributed by atoms with van der Waals surface area (Å²) in [5.74, 6) is 0.662. The van der Waals surface area contributed by atoms with E-state index in [-0.39, 0.29) is 0 Å². The minimum atomic E-state index is -1.43. The summed E-state index contributed by atoms with van der Waals surface area (Å²) in [6, 6.07) is 0.926. The highest BCUT2D eigenvalue weighted by molar-refractivity contribution is 6.46. The van der Waals surface area contributed by atoms with Crippen LogP contribution in [-0.2, 0) is 8.85 Å². The van der Waals surface area contributed by atoms with E-state index >= 15 is 0 Å². The van der Waals surface area contributed by atoms with Crippen LogP contribution < -0.4 is 0 Å². The smallest absolute Gasteiger partial charge is 0.322 e. The number of alkyl halides is 1. The van der Waals surface area contributed by atoms with Gasteiger partial charge in [-0.3, -0.25) is 0 Å². The molecular weight excluding hydrogens is 216 g/mol. The summed E-state index contributed by atoms with van der Waals surface area (Å²) in [6.45, 7) is 6.02. The summed E-state index contributed by atoms with van der Waals surface area (Å²) in [5, 5.41) is 0. The lowest BCUT2D eigenvalue weighted by atomic mass is 10.4. The molecule has 0 heterocycles. The van der Waals surface area contributed by atoms with Gasteiger partial charge in [-0.05, 0) is 12.8 Å². The van der Waals surface area contributed by atoms with Crippen molar-refractivity contribution in [3.8, 4) is 0 Å². The monoisotopic (exact) mass is 238 g/mol. The minimum absolute atomic E-state index is 0.662. The topological polar surface area (TPSA) is 18.5 Å². The molecule has 0 N–H and O–H groups in total.